The minimum Gasteiger partial charge on any atom is -0.352 e. The highest BCUT2D eigenvalue weighted by Gasteiger charge is 2.02. The average Bonchev–Trinajstić information content (AvgIpc) is 1.98. The third kappa shape index (κ3) is 3.81. The van der Waals surface area contributed by atoms with E-state index in [4.69, 9.17) is 0 Å². The number of rotatable bonds is 3. The average molecular weight is 154 g/mol. The van der Waals surface area contributed by atoms with Crippen molar-refractivity contribution >= 4 is 5.91 Å². The van der Waals surface area contributed by atoms with E-state index in [9.17, 15) is 4.79 Å². The summed E-state index contributed by atoms with van der Waals surface area (Å²) in [6.07, 6.45) is 0.738. The van der Waals surface area contributed by atoms with Gasteiger partial charge in [-0.25, -0.2) is 0 Å². The molecule has 0 aromatic rings. The molecule has 1 N–H and O–H groups in total. The van der Waals surface area contributed by atoms with Crippen LogP contribution in [0.3, 0.4) is 0 Å². The number of nitrogens with one attached hydrogen (secondary N) is 1. The third-order valence-corrected chi connectivity index (χ3v) is 1.55. The molecule has 2 heteroatoms. The van der Waals surface area contributed by atoms with Crippen molar-refractivity contribution in [2.24, 2.45) is 0 Å². The van der Waals surface area contributed by atoms with Crippen molar-refractivity contribution in [3.8, 4) is 0 Å². The maximum absolute atomic E-state index is 11.1. The van der Waals surface area contributed by atoms with Crippen LogP contribution in [0.1, 0.15) is 27.2 Å². The highest BCUT2D eigenvalue weighted by molar-refractivity contribution is 5.93. The van der Waals surface area contributed by atoms with Gasteiger partial charge >= 0.3 is 0 Å². The minimum atomic E-state index is 0.0219. The summed E-state index contributed by atoms with van der Waals surface area (Å²) in [7, 11) is 0. The van der Waals surface area contributed by atoms with Crippen molar-refractivity contribution < 1.29 is 4.79 Å². The molecule has 0 bridgehead atoms. The Morgan fingerprint density at radius 1 is 1.36 bits per heavy atom. The fourth-order valence-electron chi connectivity index (χ4n) is 0.562. The van der Waals surface area contributed by atoms with Gasteiger partial charge in [0.2, 0.25) is 5.91 Å². The van der Waals surface area contributed by atoms with E-state index in [1.807, 2.05) is 20.8 Å². The fourth-order valence-corrected chi connectivity index (χ4v) is 0.562. The Morgan fingerprint density at radius 3 is 2.27 bits per heavy atom. The van der Waals surface area contributed by atoms with Gasteiger partial charge < -0.3 is 5.32 Å². The first-order valence-corrected chi connectivity index (χ1v) is 3.81. The Bertz CT molecular complexity index is 166. The second kappa shape index (κ2) is 4.94. The van der Waals surface area contributed by atoms with Gasteiger partial charge in [-0.15, -0.1) is 0 Å². The summed E-state index contributed by atoms with van der Waals surface area (Å²) < 4.78 is 0. The first-order chi connectivity index (χ1) is 5.09. The van der Waals surface area contributed by atoms with Gasteiger partial charge in [0.1, 0.15) is 0 Å². The van der Waals surface area contributed by atoms with Crippen molar-refractivity contribution in [1.29, 1.82) is 0 Å². The second-order valence-electron chi connectivity index (χ2n) is 2.73. The lowest BCUT2D eigenvalue weighted by molar-refractivity contribution is -0.117. The van der Waals surface area contributed by atoms with Gasteiger partial charge in [-0.3, -0.25) is 4.79 Å². The van der Waals surface area contributed by atoms with Gasteiger partial charge in [-0.2, -0.15) is 0 Å². The van der Waals surface area contributed by atoms with E-state index < -0.39 is 0 Å². The molecule has 1 radical (unpaired) electrons. The van der Waals surface area contributed by atoms with Crippen LogP contribution in [0.4, 0.5) is 0 Å². The molecular formula is C9H16NO. The molecule has 0 saturated heterocycles. The molecule has 0 aliphatic carbocycles. The SMILES string of the molecule is [CH2]CCNC(=O)C(C)=C(C)C. The molecule has 0 atom stereocenters. The fraction of sp³-hybridized carbons (Fsp3) is 0.556. The minimum absolute atomic E-state index is 0.0219. The number of allylic oxidation sites excluding steroid dienone is 1. The normalized spacial score (nSPS) is 9.09. The van der Waals surface area contributed by atoms with Gasteiger partial charge in [0.25, 0.3) is 0 Å². The molecule has 0 fully saturated rings. The standard InChI is InChI=1S/C9H16NO/c1-5-6-10-9(11)8(4)7(2)3/h1,5-6H2,2-4H3,(H,10,11). The predicted octanol–water partition coefficient (Wildman–Crippen LogP) is 1.68. The molecule has 1 amide bonds. The Hall–Kier alpha value is -0.790. The van der Waals surface area contributed by atoms with Crippen molar-refractivity contribution in [3.05, 3.63) is 18.1 Å². The zero-order valence-corrected chi connectivity index (χ0v) is 7.53. The maximum atomic E-state index is 11.1. The summed E-state index contributed by atoms with van der Waals surface area (Å²) in [5.41, 5.74) is 1.87. The molecule has 0 spiro atoms. The zero-order chi connectivity index (χ0) is 8.85. The summed E-state index contributed by atoms with van der Waals surface area (Å²) in [4.78, 5) is 11.1. The lowest BCUT2D eigenvalue weighted by Gasteiger charge is -2.04. The Balaban J connectivity index is 3.95. The molecule has 0 rings (SSSR count). The summed E-state index contributed by atoms with van der Waals surface area (Å²) >= 11 is 0. The van der Waals surface area contributed by atoms with Crippen LogP contribution in [0.25, 0.3) is 0 Å². The Kier molecular flexibility index (Phi) is 4.59. The number of carbonyl (C=O) groups is 1. The largest absolute Gasteiger partial charge is 0.352 e. The molecule has 11 heavy (non-hydrogen) atoms. The molecule has 0 saturated carbocycles. The van der Waals surface area contributed by atoms with Gasteiger partial charge in [0.15, 0.2) is 0 Å². The van der Waals surface area contributed by atoms with E-state index in [1.165, 1.54) is 0 Å². The summed E-state index contributed by atoms with van der Waals surface area (Å²) in [5.74, 6) is 0.0219. The molecular weight excluding hydrogens is 138 g/mol. The van der Waals surface area contributed by atoms with E-state index >= 15 is 0 Å². The van der Waals surface area contributed by atoms with Crippen molar-refractivity contribution in [1.82, 2.24) is 5.32 Å². The summed E-state index contributed by atoms with van der Waals surface area (Å²) in [6, 6.07) is 0. The highest BCUT2D eigenvalue weighted by atomic mass is 16.1. The first-order valence-electron chi connectivity index (χ1n) is 3.81. The van der Waals surface area contributed by atoms with Crippen LogP contribution in [-0.4, -0.2) is 12.5 Å². The van der Waals surface area contributed by atoms with Crippen LogP contribution in [0, 0.1) is 6.92 Å². The van der Waals surface area contributed by atoms with Crippen LogP contribution in [0.15, 0.2) is 11.1 Å². The van der Waals surface area contributed by atoms with Gasteiger partial charge in [-0.1, -0.05) is 12.5 Å². The van der Waals surface area contributed by atoms with E-state index in [1.54, 1.807) is 0 Å². The van der Waals surface area contributed by atoms with E-state index in [0.29, 0.717) is 6.54 Å². The Morgan fingerprint density at radius 2 is 1.91 bits per heavy atom. The zero-order valence-electron chi connectivity index (χ0n) is 7.53. The van der Waals surface area contributed by atoms with Crippen molar-refractivity contribution in [3.63, 3.8) is 0 Å². The lowest BCUT2D eigenvalue weighted by Crippen LogP contribution is -2.25. The third-order valence-electron chi connectivity index (χ3n) is 1.55. The van der Waals surface area contributed by atoms with Gasteiger partial charge in [0, 0.05) is 12.1 Å². The quantitative estimate of drug-likeness (QED) is 0.616. The molecule has 2 nitrogen and oxygen atoms in total. The first kappa shape index (κ1) is 10.2. The predicted molar refractivity (Wildman–Crippen MR) is 47.0 cm³/mol. The summed E-state index contributed by atoms with van der Waals surface area (Å²) in [5, 5.41) is 2.75. The molecule has 0 aromatic heterocycles. The molecule has 0 aliphatic rings. The highest BCUT2D eigenvalue weighted by Crippen LogP contribution is 2.00. The molecule has 0 heterocycles. The van der Waals surface area contributed by atoms with Gasteiger partial charge in [0.05, 0.1) is 0 Å². The van der Waals surface area contributed by atoms with E-state index in [0.717, 1.165) is 17.6 Å². The number of hydrogen-bond donors (Lipinski definition) is 1. The lowest BCUT2D eigenvalue weighted by atomic mass is 10.1. The van der Waals surface area contributed by atoms with Crippen LogP contribution in [0.2, 0.25) is 0 Å². The number of hydrogen-bond acceptors (Lipinski definition) is 1. The van der Waals surface area contributed by atoms with Gasteiger partial charge in [-0.05, 0) is 27.2 Å². The smallest absolute Gasteiger partial charge is 0.246 e. The maximum Gasteiger partial charge on any atom is 0.246 e. The summed E-state index contributed by atoms with van der Waals surface area (Å²) in [6.45, 7) is 9.97. The monoisotopic (exact) mass is 154 g/mol. The van der Waals surface area contributed by atoms with Crippen LogP contribution in [0.5, 0.6) is 0 Å². The molecule has 63 valence electrons. The second-order valence-corrected chi connectivity index (χ2v) is 2.73. The molecule has 0 aromatic carbocycles. The van der Waals surface area contributed by atoms with Crippen molar-refractivity contribution in [2.45, 2.75) is 27.2 Å². The Labute approximate surface area is 68.7 Å². The topological polar surface area (TPSA) is 29.1 Å². The number of carbonyl (C=O) groups excluding carboxylic acids is 1. The van der Waals surface area contributed by atoms with E-state index in [2.05, 4.69) is 12.2 Å². The van der Waals surface area contributed by atoms with Crippen molar-refractivity contribution in [2.75, 3.05) is 6.54 Å². The van der Waals surface area contributed by atoms with Crippen LogP contribution < -0.4 is 5.32 Å². The molecule has 0 unspecified atom stereocenters. The van der Waals surface area contributed by atoms with Crippen LogP contribution in [-0.2, 0) is 4.79 Å². The number of amides is 1. The molecule has 0 aliphatic heterocycles. The van der Waals surface area contributed by atoms with Crippen LogP contribution >= 0.6 is 0 Å². The van der Waals surface area contributed by atoms with E-state index in [-0.39, 0.29) is 5.91 Å².